The fraction of sp³-hybridized carbons (Fsp3) is 0.667. The van der Waals surface area contributed by atoms with Gasteiger partial charge in [0.2, 0.25) is 11.9 Å². The van der Waals surface area contributed by atoms with Gasteiger partial charge in [-0.1, -0.05) is 13.3 Å². The first-order chi connectivity index (χ1) is 15.6. The number of aromatic nitrogens is 4. The first kappa shape index (κ1) is 20.0. The van der Waals surface area contributed by atoms with Crippen LogP contribution < -0.4 is 10.2 Å². The molecule has 2 saturated heterocycles. The van der Waals surface area contributed by atoms with Crippen LogP contribution in [0.3, 0.4) is 0 Å². The van der Waals surface area contributed by atoms with Crippen molar-refractivity contribution < 1.29 is 4.79 Å². The van der Waals surface area contributed by atoms with E-state index in [4.69, 9.17) is 9.97 Å². The maximum absolute atomic E-state index is 13.2. The van der Waals surface area contributed by atoms with E-state index in [1.807, 2.05) is 4.90 Å². The zero-order chi connectivity index (χ0) is 21.7. The number of hydrogen-bond acceptors (Lipinski definition) is 6. The topological polar surface area (TPSA) is 90.0 Å². The van der Waals surface area contributed by atoms with Crippen LogP contribution in [-0.2, 0) is 23.1 Å². The van der Waals surface area contributed by atoms with E-state index < -0.39 is 0 Å². The molecular formula is C24H33N7O. The van der Waals surface area contributed by atoms with Gasteiger partial charge in [0.05, 0.1) is 5.69 Å². The van der Waals surface area contributed by atoms with E-state index in [9.17, 15) is 4.79 Å². The molecule has 170 valence electrons. The lowest BCUT2D eigenvalue weighted by Crippen LogP contribution is -2.45. The van der Waals surface area contributed by atoms with Gasteiger partial charge in [-0.3, -0.25) is 9.89 Å². The van der Waals surface area contributed by atoms with Gasteiger partial charge in [0.15, 0.2) is 5.82 Å². The van der Waals surface area contributed by atoms with Crippen LogP contribution in [0.15, 0.2) is 6.07 Å². The van der Waals surface area contributed by atoms with E-state index in [1.165, 1.54) is 30.5 Å². The molecule has 2 aliphatic carbocycles. The standard InChI is InChI=1S/C24H33N7O/c1-24(10-6-11-24)19-15-20(29-28-19)26-21-16-7-4-8-17(16)25-23(27-21)31-14-5-9-18(31)22(32)30-12-2-3-13-30/h15,18H,2-14H2,1H3,(H2,25,26,27,28,29)/t18-/m0/s1. The Balaban J connectivity index is 1.28. The fourth-order valence-electron chi connectivity index (χ4n) is 5.86. The van der Waals surface area contributed by atoms with Crippen LogP contribution in [0.1, 0.15) is 75.2 Å². The highest BCUT2D eigenvalue weighted by molar-refractivity contribution is 5.85. The van der Waals surface area contributed by atoms with Gasteiger partial charge in [0, 0.05) is 42.4 Å². The summed E-state index contributed by atoms with van der Waals surface area (Å²) in [6.07, 6.45) is 10.9. The van der Waals surface area contributed by atoms with Crippen LogP contribution in [0, 0.1) is 0 Å². The van der Waals surface area contributed by atoms with Gasteiger partial charge < -0.3 is 15.1 Å². The Labute approximate surface area is 189 Å². The molecule has 1 atom stereocenters. The summed E-state index contributed by atoms with van der Waals surface area (Å²) in [6.45, 7) is 4.93. The molecule has 0 radical (unpaired) electrons. The summed E-state index contributed by atoms with van der Waals surface area (Å²) >= 11 is 0. The summed E-state index contributed by atoms with van der Waals surface area (Å²) in [4.78, 5) is 27.3. The van der Waals surface area contributed by atoms with Gasteiger partial charge in [0.1, 0.15) is 11.9 Å². The van der Waals surface area contributed by atoms with Crippen molar-refractivity contribution in [3.63, 3.8) is 0 Å². The fourth-order valence-corrected chi connectivity index (χ4v) is 5.86. The minimum Gasteiger partial charge on any atom is -0.341 e. The van der Waals surface area contributed by atoms with Crippen LogP contribution in [-0.4, -0.2) is 56.6 Å². The van der Waals surface area contributed by atoms with Crippen molar-refractivity contribution in [2.24, 2.45) is 0 Å². The Morgan fingerprint density at radius 1 is 1.09 bits per heavy atom. The Morgan fingerprint density at radius 3 is 2.72 bits per heavy atom. The molecule has 1 amide bonds. The van der Waals surface area contributed by atoms with Gasteiger partial charge in [-0.15, -0.1) is 0 Å². The first-order valence-corrected chi connectivity index (χ1v) is 12.4. The largest absolute Gasteiger partial charge is 0.341 e. The quantitative estimate of drug-likeness (QED) is 0.748. The molecule has 1 saturated carbocycles. The minimum atomic E-state index is -0.129. The summed E-state index contributed by atoms with van der Waals surface area (Å²) in [5.74, 6) is 2.63. The average molecular weight is 436 g/mol. The number of carbonyl (C=O) groups is 1. The van der Waals surface area contributed by atoms with E-state index in [0.717, 1.165) is 81.9 Å². The number of hydrogen-bond donors (Lipinski definition) is 2. The Kier molecular flexibility index (Phi) is 4.84. The number of likely N-dealkylation sites (tertiary alicyclic amines) is 1. The maximum Gasteiger partial charge on any atom is 0.245 e. The number of nitrogens with one attached hydrogen (secondary N) is 2. The molecule has 2 N–H and O–H groups in total. The molecular weight excluding hydrogens is 402 g/mol. The molecule has 2 aromatic rings. The van der Waals surface area contributed by atoms with Crippen molar-refractivity contribution >= 4 is 23.5 Å². The second-order valence-electron chi connectivity index (χ2n) is 10.2. The highest BCUT2D eigenvalue weighted by Gasteiger charge is 2.37. The molecule has 32 heavy (non-hydrogen) atoms. The zero-order valence-electron chi connectivity index (χ0n) is 19.0. The van der Waals surface area contributed by atoms with Crippen LogP contribution >= 0.6 is 0 Å². The first-order valence-electron chi connectivity index (χ1n) is 12.4. The molecule has 8 nitrogen and oxygen atoms in total. The number of carbonyl (C=O) groups excluding carboxylic acids is 1. The van der Waals surface area contributed by atoms with Crippen LogP contribution in [0.25, 0.3) is 0 Å². The molecule has 4 aliphatic rings. The third kappa shape index (κ3) is 3.35. The molecule has 3 fully saturated rings. The minimum absolute atomic E-state index is 0.129. The summed E-state index contributed by atoms with van der Waals surface area (Å²) in [6, 6.07) is 2.01. The highest BCUT2D eigenvalue weighted by atomic mass is 16.2. The summed E-state index contributed by atoms with van der Waals surface area (Å²) in [5.41, 5.74) is 3.76. The Morgan fingerprint density at radius 2 is 1.94 bits per heavy atom. The van der Waals surface area contributed by atoms with E-state index >= 15 is 0 Å². The monoisotopic (exact) mass is 435 g/mol. The van der Waals surface area contributed by atoms with E-state index in [1.54, 1.807) is 0 Å². The molecule has 0 spiro atoms. The molecule has 4 heterocycles. The van der Waals surface area contributed by atoms with Crippen LogP contribution in [0.4, 0.5) is 17.6 Å². The lowest BCUT2D eigenvalue weighted by molar-refractivity contribution is -0.131. The predicted molar refractivity (Wildman–Crippen MR) is 123 cm³/mol. The van der Waals surface area contributed by atoms with Crippen molar-refractivity contribution in [1.29, 1.82) is 0 Å². The normalized spacial score (nSPS) is 24.0. The van der Waals surface area contributed by atoms with Crippen molar-refractivity contribution in [3.05, 3.63) is 23.0 Å². The second kappa shape index (κ2) is 7.74. The molecule has 0 aromatic carbocycles. The number of aryl methyl sites for hydroxylation is 1. The summed E-state index contributed by atoms with van der Waals surface area (Å²) in [5, 5.41) is 11.3. The average Bonchev–Trinajstić information content (AvgIpc) is 3.57. The van der Waals surface area contributed by atoms with E-state index in [0.29, 0.717) is 5.95 Å². The third-order valence-electron chi connectivity index (χ3n) is 8.07. The number of H-pyrrole nitrogens is 1. The summed E-state index contributed by atoms with van der Waals surface area (Å²) < 4.78 is 0. The van der Waals surface area contributed by atoms with Gasteiger partial charge in [-0.2, -0.15) is 10.1 Å². The SMILES string of the molecule is CC1(c2cc(Nc3nc(N4CCC[C@H]4C(=O)N4CCCC4)nc4c3CCC4)n[nH]2)CCC1. The van der Waals surface area contributed by atoms with E-state index in [2.05, 4.69) is 33.4 Å². The molecule has 0 bridgehead atoms. The van der Waals surface area contributed by atoms with Gasteiger partial charge in [-0.25, -0.2) is 4.98 Å². The Hall–Kier alpha value is -2.64. The predicted octanol–water partition coefficient (Wildman–Crippen LogP) is 3.46. The molecule has 2 aromatic heterocycles. The van der Waals surface area contributed by atoms with Gasteiger partial charge in [-0.05, 0) is 57.8 Å². The molecule has 0 unspecified atom stereocenters. The number of rotatable bonds is 5. The summed E-state index contributed by atoms with van der Waals surface area (Å²) in [7, 11) is 0. The molecule has 6 rings (SSSR count). The van der Waals surface area contributed by atoms with Crippen molar-refractivity contribution in [1.82, 2.24) is 25.1 Å². The van der Waals surface area contributed by atoms with Gasteiger partial charge in [0.25, 0.3) is 0 Å². The number of fused-ring (bicyclic) bond motifs is 1. The smallest absolute Gasteiger partial charge is 0.245 e. The lowest BCUT2D eigenvalue weighted by Gasteiger charge is -2.37. The van der Waals surface area contributed by atoms with Crippen LogP contribution in [0.2, 0.25) is 0 Å². The Bertz CT molecular complexity index is 1020. The van der Waals surface area contributed by atoms with Crippen molar-refractivity contribution in [2.75, 3.05) is 29.9 Å². The maximum atomic E-state index is 13.2. The van der Waals surface area contributed by atoms with Crippen molar-refractivity contribution in [3.8, 4) is 0 Å². The van der Waals surface area contributed by atoms with Crippen molar-refractivity contribution in [2.45, 2.75) is 82.6 Å². The molecule has 2 aliphatic heterocycles. The number of aromatic amines is 1. The number of anilines is 3. The second-order valence-corrected chi connectivity index (χ2v) is 10.2. The van der Waals surface area contributed by atoms with Crippen LogP contribution in [0.5, 0.6) is 0 Å². The van der Waals surface area contributed by atoms with Gasteiger partial charge >= 0.3 is 0 Å². The third-order valence-corrected chi connectivity index (χ3v) is 8.07. The number of amides is 1. The zero-order valence-corrected chi connectivity index (χ0v) is 19.0. The highest BCUT2D eigenvalue weighted by Crippen LogP contribution is 2.43. The molecule has 8 heteroatoms. The lowest BCUT2D eigenvalue weighted by atomic mass is 9.68. The van der Waals surface area contributed by atoms with E-state index in [-0.39, 0.29) is 17.4 Å². The number of nitrogens with zero attached hydrogens (tertiary/aromatic N) is 5.